The second-order valence-electron chi connectivity index (χ2n) is 10.0. The second kappa shape index (κ2) is 10.7. The highest BCUT2D eigenvalue weighted by Gasteiger charge is 2.41. The van der Waals surface area contributed by atoms with E-state index in [4.69, 9.17) is 5.11 Å². The molecule has 10 heteroatoms. The molecule has 0 radical (unpaired) electrons. The van der Waals surface area contributed by atoms with E-state index < -0.39 is 5.97 Å². The summed E-state index contributed by atoms with van der Waals surface area (Å²) in [7, 11) is 0. The van der Waals surface area contributed by atoms with Gasteiger partial charge in [-0.1, -0.05) is 36.8 Å². The van der Waals surface area contributed by atoms with Crippen molar-refractivity contribution in [3.05, 3.63) is 64.0 Å². The van der Waals surface area contributed by atoms with E-state index in [-0.39, 0.29) is 11.6 Å². The summed E-state index contributed by atoms with van der Waals surface area (Å²) in [6.07, 6.45) is 6.17. The predicted molar refractivity (Wildman–Crippen MR) is 147 cm³/mol. The minimum Gasteiger partial charge on any atom is -0.476 e. The van der Waals surface area contributed by atoms with Gasteiger partial charge in [-0.25, -0.2) is 14.8 Å². The van der Waals surface area contributed by atoms with Crippen molar-refractivity contribution in [2.75, 3.05) is 13.1 Å². The molecule has 1 unspecified atom stereocenters. The molecule has 1 aliphatic heterocycles. The Labute approximate surface area is 223 Å². The van der Waals surface area contributed by atoms with Crippen LogP contribution in [0.25, 0.3) is 15.4 Å². The summed E-state index contributed by atoms with van der Waals surface area (Å²) in [4.78, 5) is 33.3. The molecule has 0 bridgehead atoms. The number of benzene rings is 1. The van der Waals surface area contributed by atoms with Gasteiger partial charge in [-0.2, -0.15) is 0 Å². The zero-order valence-electron chi connectivity index (χ0n) is 21.1. The third-order valence-electron chi connectivity index (χ3n) is 7.22. The number of aromatic carboxylic acids is 1. The van der Waals surface area contributed by atoms with E-state index >= 15 is 0 Å². The number of carboxylic acids is 1. The molecule has 6 rings (SSSR count). The number of amides is 1. The molecule has 3 aromatic heterocycles. The van der Waals surface area contributed by atoms with Crippen molar-refractivity contribution >= 4 is 39.5 Å². The van der Waals surface area contributed by atoms with Crippen LogP contribution in [-0.2, 0) is 0 Å². The fourth-order valence-corrected chi connectivity index (χ4v) is 7.19. The quantitative estimate of drug-likeness (QED) is 0.335. The summed E-state index contributed by atoms with van der Waals surface area (Å²) in [6, 6.07) is 8.21. The van der Waals surface area contributed by atoms with Gasteiger partial charge in [0.05, 0.1) is 16.1 Å². The Morgan fingerprint density at radius 1 is 1.27 bits per heavy atom. The molecule has 4 heterocycles. The molecule has 1 saturated carbocycles. The van der Waals surface area contributed by atoms with Crippen LogP contribution in [0, 0.1) is 31.6 Å². The maximum Gasteiger partial charge on any atom is 0.356 e. The molecule has 3 N–H and O–H groups in total. The van der Waals surface area contributed by atoms with Gasteiger partial charge in [-0.15, -0.1) is 22.7 Å². The number of imidazole rings is 1. The molecule has 2 aliphatic rings. The number of thiazole rings is 2. The normalized spacial score (nSPS) is 22.5. The molecule has 1 saturated heterocycles. The molecular weight excluding hydrogens is 506 g/mol. The molecule has 4 aromatic rings. The first-order valence-electron chi connectivity index (χ1n) is 12.5. The fraction of sp³-hybridized carbons (Fsp3) is 0.407. The number of aromatic nitrogens is 3. The molecule has 8 nitrogen and oxygen atoms in total. The van der Waals surface area contributed by atoms with Gasteiger partial charge in [0.2, 0.25) is 0 Å². The monoisotopic (exact) mass is 537 g/mol. The van der Waals surface area contributed by atoms with E-state index in [9.17, 15) is 9.59 Å². The number of fused-ring (bicyclic) bond motifs is 2. The van der Waals surface area contributed by atoms with E-state index in [1.807, 2.05) is 54.1 Å². The molecule has 194 valence electrons. The van der Waals surface area contributed by atoms with Gasteiger partial charge in [0.15, 0.2) is 10.7 Å². The number of aryl methyl sites for hydroxylation is 2. The second-order valence-corrected chi connectivity index (χ2v) is 12.1. The van der Waals surface area contributed by atoms with Crippen LogP contribution in [0.4, 0.5) is 0 Å². The Kier molecular flexibility index (Phi) is 7.41. The number of carbonyl (C=O) groups is 2. The van der Waals surface area contributed by atoms with Crippen LogP contribution in [0.2, 0.25) is 0 Å². The number of nitrogens with zero attached hydrogens (tertiary/aromatic N) is 3. The molecule has 0 spiro atoms. The van der Waals surface area contributed by atoms with E-state index in [0.29, 0.717) is 18.3 Å². The Morgan fingerprint density at radius 2 is 2.11 bits per heavy atom. The van der Waals surface area contributed by atoms with E-state index in [1.54, 1.807) is 17.5 Å². The minimum atomic E-state index is -0.971. The lowest BCUT2D eigenvalue weighted by Gasteiger charge is -2.19. The lowest BCUT2D eigenvalue weighted by Crippen LogP contribution is -2.40. The van der Waals surface area contributed by atoms with Gasteiger partial charge in [0, 0.05) is 24.2 Å². The number of carbonyl (C=O) groups excluding carboxylic acids is 1. The van der Waals surface area contributed by atoms with Gasteiger partial charge < -0.3 is 15.7 Å². The lowest BCUT2D eigenvalue weighted by atomic mass is 9.94. The van der Waals surface area contributed by atoms with E-state index in [2.05, 4.69) is 27.5 Å². The predicted octanol–water partition coefficient (Wildman–Crippen LogP) is 4.88. The summed E-state index contributed by atoms with van der Waals surface area (Å²) in [6.45, 7) is 7.96. The summed E-state index contributed by atoms with van der Waals surface area (Å²) in [5.74, 6) is 1.37. The van der Waals surface area contributed by atoms with Gasteiger partial charge in [0.25, 0.3) is 5.91 Å². The summed E-state index contributed by atoms with van der Waals surface area (Å²) >= 11 is 2.95. The Bertz CT molecular complexity index is 1420. The summed E-state index contributed by atoms with van der Waals surface area (Å²) in [5, 5.41) is 18.4. The highest BCUT2D eigenvalue weighted by atomic mass is 32.1. The molecule has 1 amide bonds. The van der Waals surface area contributed by atoms with Crippen LogP contribution in [0.15, 0.2) is 42.0 Å². The number of carboxylic acid groups (broad SMARTS) is 1. The Balaban J connectivity index is 0.000000158. The average Bonchev–Trinajstić information content (AvgIpc) is 3.65. The highest BCUT2D eigenvalue weighted by Crippen LogP contribution is 2.41. The highest BCUT2D eigenvalue weighted by molar-refractivity contribution is 7.15. The summed E-state index contributed by atoms with van der Waals surface area (Å²) < 4.78 is 1.85. The SMILES string of the molecule is CC1C[C@H]2CN[C@H](CNC(=O)c3cnc4sccn34)[C@H]2C1.Cc1cccc(-c2sc(C)nc2C(=O)O)c1. The van der Waals surface area contributed by atoms with Gasteiger partial charge in [-0.05, 0) is 56.6 Å². The van der Waals surface area contributed by atoms with Crippen LogP contribution in [-0.4, -0.2) is 50.5 Å². The van der Waals surface area contributed by atoms with Gasteiger partial charge in [-0.3, -0.25) is 9.20 Å². The van der Waals surface area contributed by atoms with Crippen LogP contribution in [0.3, 0.4) is 0 Å². The molecule has 4 atom stereocenters. The number of hydrogen-bond donors (Lipinski definition) is 3. The topological polar surface area (TPSA) is 109 Å². The van der Waals surface area contributed by atoms with E-state index in [1.165, 1.54) is 24.2 Å². The zero-order valence-corrected chi connectivity index (χ0v) is 22.7. The van der Waals surface area contributed by atoms with Crippen molar-refractivity contribution in [3.8, 4) is 10.4 Å². The molecule has 2 fully saturated rings. The number of nitrogens with one attached hydrogen (secondary N) is 2. The molecule has 37 heavy (non-hydrogen) atoms. The minimum absolute atomic E-state index is 0.0304. The van der Waals surface area contributed by atoms with E-state index in [0.717, 1.165) is 50.3 Å². The van der Waals surface area contributed by atoms with Crippen molar-refractivity contribution in [3.63, 3.8) is 0 Å². The van der Waals surface area contributed by atoms with Crippen molar-refractivity contribution in [2.24, 2.45) is 17.8 Å². The van der Waals surface area contributed by atoms with Crippen LogP contribution in [0.1, 0.15) is 51.3 Å². The number of hydrogen-bond acceptors (Lipinski definition) is 7. The van der Waals surface area contributed by atoms with Gasteiger partial charge >= 0.3 is 5.97 Å². The zero-order chi connectivity index (χ0) is 26.1. The Hall–Kier alpha value is -3.08. The lowest BCUT2D eigenvalue weighted by molar-refractivity contribution is 0.0691. The van der Waals surface area contributed by atoms with Crippen LogP contribution >= 0.6 is 22.7 Å². The third-order valence-corrected chi connectivity index (χ3v) is 9.01. The standard InChI is InChI=1S/C15H20N4OS.C12H11NO2S/c1-9-4-10-6-16-12(11(10)5-9)7-17-14(20)13-8-18-15-19(13)2-3-21-15;1-7-4-3-5-9(6-7)11-10(12(14)15)13-8(2)16-11/h2-3,8-12,16H,4-7H2,1H3,(H,17,20);3-6H,1-2H3,(H,14,15)/t9?,10-,11-,12+;/m0./s1. The fourth-order valence-electron chi connectivity index (χ4n) is 5.59. The summed E-state index contributed by atoms with van der Waals surface area (Å²) in [5.41, 5.74) is 2.80. The van der Waals surface area contributed by atoms with Crippen molar-refractivity contribution in [2.45, 2.75) is 39.7 Å². The third kappa shape index (κ3) is 5.46. The number of rotatable bonds is 5. The maximum atomic E-state index is 12.3. The van der Waals surface area contributed by atoms with Crippen molar-refractivity contribution in [1.29, 1.82) is 0 Å². The smallest absolute Gasteiger partial charge is 0.356 e. The maximum absolute atomic E-state index is 12.3. The first-order chi connectivity index (χ1) is 17.8. The molecule has 1 aromatic carbocycles. The van der Waals surface area contributed by atoms with Crippen LogP contribution < -0.4 is 10.6 Å². The van der Waals surface area contributed by atoms with Crippen molar-refractivity contribution < 1.29 is 14.7 Å². The largest absolute Gasteiger partial charge is 0.476 e. The van der Waals surface area contributed by atoms with Gasteiger partial charge in [0.1, 0.15) is 5.69 Å². The first-order valence-corrected chi connectivity index (χ1v) is 14.2. The average molecular weight is 538 g/mol. The molecule has 1 aliphatic carbocycles. The van der Waals surface area contributed by atoms with Crippen molar-refractivity contribution in [1.82, 2.24) is 25.0 Å². The first kappa shape index (κ1) is 25.6. The molecular formula is C27H31N5O3S2. The Morgan fingerprint density at radius 3 is 2.89 bits per heavy atom. The van der Waals surface area contributed by atoms with Crippen LogP contribution in [0.5, 0.6) is 0 Å².